The van der Waals surface area contributed by atoms with Crippen LogP contribution in [0.25, 0.3) is 0 Å². The molecule has 0 aromatic carbocycles. The Labute approximate surface area is 226 Å². The molecule has 4 saturated heterocycles. The Bertz CT molecular complexity index is 1240. The molecule has 4 fully saturated rings. The summed E-state index contributed by atoms with van der Waals surface area (Å²) in [5, 5.41) is 15.7. The molecule has 204 valence electrons. The van der Waals surface area contributed by atoms with E-state index in [1.165, 1.54) is 23.8 Å². The largest absolute Gasteiger partial charge is 0.481 e. The minimum absolute atomic E-state index is 0.0159. The highest BCUT2D eigenvalue weighted by Crippen LogP contribution is 2.46. The van der Waals surface area contributed by atoms with Crippen LogP contribution in [-0.2, 0) is 24.0 Å². The number of carboxylic acids is 1. The number of aromatic nitrogens is 2. The fraction of sp³-hybridized carbons (Fsp3) is 0.591. The molecular formula is C22H29N8O6S2+. The number of carbonyl (C=O) groups is 4. The van der Waals surface area contributed by atoms with Gasteiger partial charge in [-0.05, 0) is 0 Å². The third kappa shape index (κ3) is 4.49. The van der Waals surface area contributed by atoms with E-state index in [0.717, 1.165) is 60.5 Å². The molecule has 1 aromatic heterocycles. The van der Waals surface area contributed by atoms with E-state index in [-0.39, 0.29) is 29.0 Å². The maximum absolute atomic E-state index is 13.3. The summed E-state index contributed by atoms with van der Waals surface area (Å²) in [7, 11) is 1.27. The van der Waals surface area contributed by atoms with Gasteiger partial charge in [-0.1, -0.05) is 5.16 Å². The number of rotatable bonds is 9. The van der Waals surface area contributed by atoms with Gasteiger partial charge in [-0.25, -0.2) is 0 Å². The minimum atomic E-state index is -1.03. The summed E-state index contributed by atoms with van der Waals surface area (Å²) in [5.41, 5.74) is 12.1. The zero-order chi connectivity index (χ0) is 27.2. The Kier molecular flexibility index (Phi) is 6.81. The molecule has 14 nitrogen and oxygen atoms in total. The van der Waals surface area contributed by atoms with Crippen LogP contribution in [0.1, 0.15) is 31.5 Å². The SMILES string of the molecule is CO/N=C(\C(=O)N[C@H]1C(=O)N2C(CC(=O)O)=C(C[N+]34CCC(C(N)=O)(CC3)CC4)CSC12)c1nsc(N)n1. The van der Waals surface area contributed by atoms with E-state index in [2.05, 4.69) is 19.8 Å². The number of carboxylic acid groups (broad SMARTS) is 1. The van der Waals surface area contributed by atoms with Crippen molar-refractivity contribution in [3.8, 4) is 0 Å². The molecule has 1 aromatic rings. The maximum atomic E-state index is 13.3. The van der Waals surface area contributed by atoms with Crippen LogP contribution in [0.3, 0.4) is 0 Å². The summed E-state index contributed by atoms with van der Waals surface area (Å²) in [6, 6.07) is -0.871. The number of hydrogen-bond acceptors (Lipinski definition) is 11. The van der Waals surface area contributed by atoms with Gasteiger partial charge in [0.2, 0.25) is 17.4 Å². The monoisotopic (exact) mass is 565 g/mol. The van der Waals surface area contributed by atoms with E-state index < -0.39 is 34.6 Å². The number of amides is 3. The molecule has 6 N–H and O–H groups in total. The number of anilines is 1. The zero-order valence-corrected chi connectivity index (χ0v) is 22.3. The highest BCUT2D eigenvalue weighted by molar-refractivity contribution is 8.00. The first kappa shape index (κ1) is 26.4. The van der Waals surface area contributed by atoms with Crippen LogP contribution in [0.5, 0.6) is 0 Å². The lowest BCUT2D eigenvalue weighted by Crippen LogP contribution is -2.71. The Balaban J connectivity index is 1.33. The standard InChI is InChI=1S/C22H28N8O6S2/c1-36-27-14(16-26-21(24)38-28-16)17(33)25-15-18(34)29-12(8-13(31)32)11(10-37-19(15)29)9-30-5-2-22(3-6-30,4-7-30)20(23)35/h15,19H,2-10H2,1H3,(H5-,23,24,25,26,28,31,32,33,35)/p+1/b27-14-/t15-,19?,22?,30?/m0/s1. The van der Waals surface area contributed by atoms with Crippen LogP contribution in [0, 0.1) is 5.41 Å². The van der Waals surface area contributed by atoms with Crippen molar-refractivity contribution >= 4 is 57.8 Å². The average Bonchev–Trinajstić information content (AvgIpc) is 3.32. The number of thioether (sulfide) groups is 1. The van der Waals surface area contributed by atoms with Crippen LogP contribution in [0.4, 0.5) is 5.13 Å². The van der Waals surface area contributed by atoms with Crippen LogP contribution in [0.2, 0.25) is 0 Å². The topological polar surface area (TPSA) is 203 Å². The summed E-state index contributed by atoms with van der Waals surface area (Å²) < 4.78 is 4.75. The molecule has 38 heavy (non-hydrogen) atoms. The molecule has 16 heteroatoms. The number of nitrogens with one attached hydrogen (secondary N) is 1. The number of primary amides is 1. The number of carbonyl (C=O) groups excluding carboxylic acids is 3. The molecule has 3 amide bonds. The molecule has 1 unspecified atom stereocenters. The summed E-state index contributed by atoms with van der Waals surface area (Å²) >= 11 is 2.37. The predicted molar refractivity (Wildman–Crippen MR) is 137 cm³/mol. The van der Waals surface area contributed by atoms with Crippen molar-refractivity contribution in [1.82, 2.24) is 19.6 Å². The number of piperidine rings is 3. The number of quaternary nitrogens is 1. The first-order valence-electron chi connectivity index (χ1n) is 12.1. The number of hydrogen-bond donors (Lipinski definition) is 4. The van der Waals surface area contributed by atoms with E-state index in [1.807, 2.05) is 0 Å². The second-order valence-electron chi connectivity index (χ2n) is 10.1. The fourth-order valence-corrected chi connectivity index (χ4v) is 7.70. The molecule has 6 rings (SSSR count). The van der Waals surface area contributed by atoms with Crippen molar-refractivity contribution in [2.75, 3.05) is 44.8 Å². The maximum Gasteiger partial charge on any atom is 0.309 e. The third-order valence-electron chi connectivity index (χ3n) is 8.07. The van der Waals surface area contributed by atoms with Gasteiger partial charge in [0.05, 0.1) is 31.5 Å². The molecule has 2 bridgehead atoms. The second kappa shape index (κ2) is 9.81. The number of nitrogens with two attached hydrogens (primary N) is 2. The Morgan fingerprint density at radius 2 is 1.97 bits per heavy atom. The van der Waals surface area contributed by atoms with Gasteiger partial charge in [-0.3, -0.25) is 24.1 Å². The van der Waals surface area contributed by atoms with Gasteiger partial charge in [-0.15, -0.1) is 11.8 Å². The highest BCUT2D eigenvalue weighted by atomic mass is 32.2. The molecule has 6 heterocycles. The Morgan fingerprint density at radius 1 is 1.29 bits per heavy atom. The molecule has 0 spiro atoms. The van der Waals surface area contributed by atoms with Gasteiger partial charge in [-0.2, -0.15) is 9.36 Å². The summed E-state index contributed by atoms with van der Waals surface area (Å²) in [5.74, 6) is -1.84. The van der Waals surface area contributed by atoms with Gasteiger partial charge < -0.3 is 31.2 Å². The van der Waals surface area contributed by atoms with Gasteiger partial charge in [0.1, 0.15) is 25.1 Å². The van der Waals surface area contributed by atoms with Crippen LogP contribution in [0.15, 0.2) is 16.4 Å². The predicted octanol–water partition coefficient (Wildman–Crippen LogP) is -0.914. The second-order valence-corrected chi connectivity index (χ2v) is 12.0. The number of β-lactam (4-membered cyclic amide) rings is 1. The number of nitrogen functional groups attached to an aromatic ring is 1. The number of nitrogens with zero attached hydrogens (tertiary/aromatic N) is 5. The Hall–Kier alpha value is -3.24. The molecule has 5 aliphatic heterocycles. The smallest absolute Gasteiger partial charge is 0.309 e. The van der Waals surface area contributed by atoms with Gasteiger partial charge >= 0.3 is 5.97 Å². The summed E-state index contributed by atoms with van der Waals surface area (Å²) in [4.78, 5) is 60.2. The number of oxime groups is 1. The lowest BCUT2D eigenvalue weighted by atomic mass is 9.70. The fourth-order valence-electron chi connectivity index (χ4n) is 5.88. The summed E-state index contributed by atoms with van der Waals surface area (Å²) in [6.07, 6.45) is 1.88. The van der Waals surface area contributed by atoms with Gasteiger partial charge in [0, 0.05) is 47.8 Å². The Morgan fingerprint density at radius 3 is 2.53 bits per heavy atom. The van der Waals surface area contributed by atoms with Gasteiger partial charge in [0.15, 0.2) is 5.13 Å². The molecule has 2 atom stereocenters. The quantitative estimate of drug-likeness (QED) is 0.126. The van der Waals surface area contributed by atoms with Crippen LogP contribution < -0.4 is 16.8 Å². The van der Waals surface area contributed by atoms with Crippen LogP contribution in [-0.4, -0.2) is 104 Å². The van der Waals surface area contributed by atoms with Crippen molar-refractivity contribution < 1.29 is 33.6 Å². The van der Waals surface area contributed by atoms with E-state index in [0.29, 0.717) is 18.0 Å². The first-order valence-corrected chi connectivity index (χ1v) is 13.9. The lowest BCUT2D eigenvalue weighted by molar-refractivity contribution is -0.940. The van der Waals surface area contributed by atoms with Crippen molar-refractivity contribution in [1.29, 1.82) is 0 Å². The summed E-state index contributed by atoms with van der Waals surface area (Å²) in [6.45, 7) is 3.01. The van der Waals surface area contributed by atoms with E-state index >= 15 is 0 Å². The van der Waals surface area contributed by atoms with E-state index in [9.17, 15) is 24.3 Å². The molecule has 0 saturated carbocycles. The third-order valence-corrected chi connectivity index (χ3v) is 9.95. The highest BCUT2D eigenvalue weighted by Gasteiger charge is 2.56. The molecule has 0 aliphatic carbocycles. The minimum Gasteiger partial charge on any atom is -0.481 e. The van der Waals surface area contributed by atoms with E-state index in [1.54, 1.807) is 0 Å². The molecular weight excluding hydrogens is 536 g/mol. The van der Waals surface area contributed by atoms with Crippen molar-refractivity contribution in [3.63, 3.8) is 0 Å². The van der Waals surface area contributed by atoms with Crippen molar-refractivity contribution in [3.05, 3.63) is 17.1 Å². The normalized spacial score (nSPS) is 30.5. The first-order chi connectivity index (χ1) is 18.1. The molecule has 0 radical (unpaired) electrons. The average molecular weight is 566 g/mol. The molecule has 5 aliphatic rings. The lowest BCUT2D eigenvalue weighted by Gasteiger charge is -2.55. The number of aliphatic carboxylic acids is 1. The zero-order valence-electron chi connectivity index (χ0n) is 20.7. The van der Waals surface area contributed by atoms with Crippen LogP contribution >= 0.6 is 23.3 Å². The van der Waals surface area contributed by atoms with E-state index in [4.69, 9.17) is 16.3 Å². The van der Waals surface area contributed by atoms with Crippen molar-refractivity contribution in [2.24, 2.45) is 16.3 Å². The van der Waals surface area contributed by atoms with Crippen molar-refractivity contribution in [2.45, 2.75) is 37.1 Å². The number of fused-ring (bicyclic) bond motifs is 4. The van der Waals surface area contributed by atoms with Gasteiger partial charge in [0.25, 0.3) is 11.8 Å².